The maximum absolute atomic E-state index is 4.56. The minimum absolute atomic E-state index is 0.536. The van der Waals surface area contributed by atoms with Gasteiger partial charge in [-0.1, -0.05) is 32.0 Å². The quantitative estimate of drug-likeness (QED) is 0.636. The summed E-state index contributed by atoms with van der Waals surface area (Å²) in [6.07, 6.45) is 4.21. The van der Waals surface area contributed by atoms with E-state index in [0.29, 0.717) is 5.92 Å². The Morgan fingerprint density at radius 3 is 2.74 bits per heavy atom. The predicted octanol–water partition coefficient (Wildman–Crippen LogP) is 4.38. The molecule has 3 heteroatoms. The Morgan fingerprint density at radius 2 is 2.00 bits per heavy atom. The molecule has 3 nitrogen and oxygen atoms in total. The normalized spacial score (nSPS) is 11.6. The first-order chi connectivity index (χ1) is 9.24. The lowest BCUT2D eigenvalue weighted by Crippen LogP contribution is -2.01. The standard InChI is InChI=1S/C16H21N3/c1-4-13(5-2)11-17-19-16-10-12(3)14-8-6-7-9-15(14)18-16/h6-11,13H,4-5H2,1-3H3,(H,18,19). The minimum Gasteiger partial charge on any atom is -0.262 e. The van der Waals surface area contributed by atoms with Crippen molar-refractivity contribution < 1.29 is 0 Å². The summed E-state index contributed by atoms with van der Waals surface area (Å²) in [7, 11) is 0. The van der Waals surface area contributed by atoms with E-state index in [0.717, 1.165) is 24.2 Å². The molecular formula is C16H21N3. The van der Waals surface area contributed by atoms with Crippen molar-refractivity contribution >= 4 is 22.9 Å². The number of pyridine rings is 1. The number of nitrogens with zero attached hydrogens (tertiary/aromatic N) is 2. The Bertz CT molecular complexity index is 571. The molecule has 1 N–H and O–H groups in total. The molecule has 0 bridgehead atoms. The monoisotopic (exact) mass is 255 g/mol. The number of rotatable bonds is 5. The average molecular weight is 255 g/mol. The van der Waals surface area contributed by atoms with Crippen molar-refractivity contribution in [3.05, 3.63) is 35.9 Å². The number of aryl methyl sites for hydroxylation is 1. The van der Waals surface area contributed by atoms with Crippen LogP contribution in [0.5, 0.6) is 0 Å². The second-order valence-corrected chi connectivity index (χ2v) is 4.81. The van der Waals surface area contributed by atoms with E-state index in [1.54, 1.807) is 0 Å². The summed E-state index contributed by atoms with van der Waals surface area (Å²) >= 11 is 0. The molecule has 0 radical (unpaired) electrons. The SMILES string of the molecule is CCC(C=NNc1cc(C)c2ccccc2n1)CC. The summed E-state index contributed by atoms with van der Waals surface area (Å²) < 4.78 is 0. The third-order valence-electron chi connectivity index (χ3n) is 3.44. The first-order valence-corrected chi connectivity index (χ1v) is 6.90. The van der Waals surface area contributed by atoms with E-state index >= 15 is 0 Å². The summed E-state index contributed by atoms with van der Waals surface area (Å²) in [5, 5.41) is 5.49. The Hall–Kier alpha value is -1.90. The van der Waals surface area contributed by atoms with E-state index in [-0.39, 0.29) is 0 Å². The zero-order valence-corrected chi connectivity index (χ0v) is 11.9. The topological polar surface area (TPSA) is 37.3 Å². The number of aromatic nitrogens is 1. The molecule has 19 heavy (non-hydrogen) atoms. The van der Waals surface area contributed by atoms with Crippen molar-refractivity contribution in [3.8, 4) is 0 Å². The van der Waals surface area contributed by atoms with E-state index in [2.05, 4.69) is 42.3 Å². The van der Waals surface area contributed by atoms with Crippen LogP contribution < -0.4 is 5.43 Å². The van der Waals surface area contributed by atoms with Gasteiger partial charge in [0.25, 0.3) is 0 Å². The molecule has 0 atom stereocenters. The van der Waals surface area contributed by atoms with Crippen molar-refractivity contribution in [2.45, 2.75) is 33.6 Å². The zero-order chi connectivity index (χ0) is 13.7. The smallest absolute Gasteiger partial charge is 0.147 e. The van der Waals surface area contributed by atoms with Gasteiger partial charge in [0, 0.05) is 11.6 Å². The molecular weight excluding hydrogens is 234 g/mol. The fourth-order valence-corrected chi connectivity index (χ4v) is 2.12. The van der Waals surface area contributed by atoms with E-state index < -0.39 is 0 Å². The second-order valence-electron chi connectivity index (χ2n) is 4.81. The van der Waals surface area contributed by atoms with E-state index in [1.807, 2.05) is 30.5 Å². The summed E-state index contributed by atoms with van der Waals surface area (Å²) in [5.74, 6) is 1.34. The number of hydrogen-bond donors (Lipinski definition) is 1. The highest BCUT2D eigenvalue weighted by Gasteiger charge is 2.01. The first kappa shape index (κ1) is 13.5. The molecule has 0 fully saturated rings. The number of anilines is 1. The van der Waals surface area contributed by atoms with Crippen LogP contribution in [0.4, 0.5) is 5.82 Å². The largest absolute Gasteiger partial charge is 0.262 e. The maximum atomic E-state index is 4.56. The molecule has 0 aliphatic rings. The molecule has 0 saturated carbocycles. The molecule has 2 rings (SSSR count). The minimum atomic E-state index is 0.536. The highest BCUT2D eigenvalue weighted by atomic mass is 15.3. The van der Waals surface area contributed by atoms with Gasteiger partial charge in [-0.05, 0) is 43.4 Å². The van der Waals surface area contributed by atoms with E-state index in [1.165, 1.54) is 10.9 Å². The summed E-state index contributed by atoms with van der Waals surface area (Å²) in [5.41, 5.74) is 5.25. The van der Waals surface area contributed by atoms with E-state index in [4.69, 9.17) is 0 Å². The highest BCUT2D eigenvalue weighted by molar-refractivity contribution is 5.83. The molecule has 1 aromatic heterocycles. The Morgan fingerprint density at radius 1 is 1.26 bits per heavy atom. The van der Waals surface area contributed by atoms with Gasteiger partial charge < -0.3 is 0 Å². The van der Waals surface area contributed by atoms with Crippen LogP contribution in [0, 0.1) is 12.8 Å². The predicted molar refractivity (Wildman–Crippen MR) is 82.7 cm³/mol. The Labute approximate surface area is 114 Å². The number of hydrazone groups is 1. The van der Waals surface area contributed by atoms with Crippen molar-refractivity contribution in [2.24, 2.45) is 11.0 Å². The van der Waals surface area contributed by atoms with Gasteiger partial charge in [0.05, 0.1) is 5.52 Å². The maximum Gasteiger partial charge on any atom is 0.147 e. The molecule has 0 amide bonds. The first-order valence-electron chi connectivity index (χ1n) is 6.90. The molecule has 0 aliphatic carbocycles. The molecule has 0 aliphatic heterocycles. The summed E-state index contributed by atoms with van der Waals surface area (Å²) in [6, 6.07) is 10.2. The van der Waals surface area contributed by atoms with Gasteiger partial charge in [0.1, 0.15) is 5.82 Å². The molecule has 0 saturated heterocycles. The third-order valence-corrected chi connectivity index (χ3v) is 3.44. The Balaban J connectivity index is 2.17. The van der Waals surface area contributed by atoms with Gasteiger partial charge in [0.2, 0.25) is 0 Å². The van der Waals surface area contributed by atoms with Crippen LogP contribution in [-0.4, -0.2) is 11.2 Å². The van der Waals surface area contributed by atoms with Gasteiger partial charge in [-0.25, -0.2) is 4.98 Å². The number of nitrogens with one attached hydrogen (secondary N) is 1. The average Bonchev–Trinajstić information content (AvgIpc) is 2.44. The van der Waals surface area contributed by atoms with Crippen molar-refractivity contribution in [2.75, 3.05) is 5.43 Å². The third kappa shape index (κ3) is 3.31. The number of benzene rings is 1. The van der Waals surface area contributed by atoms with Crippen LogP contribution in [0.25, 0.3) is 10.9 Å². The van der Waals surface area contributed by atoms with Crippen molar-refractivity contribution in [1.29, 1.82) is 0 Å². The molecule has 0 spiro atoms. The number of hydrogen-bond acceptors (Lipinski definition) is 3. The van der Waals surface area contributed by atoms with Crippen LogP contribution in [0.1, 0.15) is 32.3 Å². The second kappa shape index (κ2) is 6.32. The molecule has 1 heterocycles. The number of fused-ring (bicyclic) bond motifs is 1. The van der Waals surface area contributed by atoms with Gasteiger partial charge >= 0.3 is 0 Å². The fourth-order valence-electron chi connectivity index (χ4n) is 2.12. The van der Waals surface area contributed by atoms with Crippen LogP contribution in [0.2, 0.25) is 0 Å². The van der Waals surface area contributed by atoms with Gasteiger partial charge in [0.15, 0.2) is 0 Å². The lowest BCUT2D eigenvalue weighted by molar-refractivity contribution is 0.654. The molecule has 0 unspecified atom stereocenters. The van der Waals surface area contributed by atoms with Crippen LogP contribution in [0.15, 0.2) is 35.4 Å². The fraction of sp³-hybridized carbons (Fsp3) is 0.375. The highest BCUT2D eigenvalue weighted by Crippen LogP contribution is 2.19. The van der Waals surface area contributed by atoms with Crippen LogP contribution >= 0.6 is 0 Å². The van der Waals surface area contributed by atoms with Crippen LogP contribution in [-0.2, 0) is 0 Å². The van der Waals surface area contributed by atoms with Crippen molar-refractivity contribution in [1.82, 2.24) is 4.98 Å². The van der Waals surface area contributed by atoms with Crippen molar-refractivity contribution in [3.63, 3.8) is 0 Å². The Kier molecular flexibility index (Phi) is 4.50. The molecule has 100 valence electrons. The zero-order valence-electron chi connectivity index (χ0n) is 11.9. The van der Waals surface area contributed by atoms with Gasteiger partial charge in [-0.15, -0.1) is 0 Å². The molecule has 2 aromatic rings. The summed E-state index contributed by atoms with van der Waals surface area (Å²) in [6.45, 7) is 6.46. The summed E-state index contributed by atoms with van der Waals surface area (Å²) in [4.78, 5) is 4.56. The van der Waals surface area contributed by atoms with Gasteiger partial charge in [-0.3, -0.25) is 5.43 Å². The lowest BCUT2D eigenvalue weighted by Gasteiger charge is -2.07. The van der Waals surface area contributed by atoms with Crippen LogP contribution in [0.3, 0.4) is 0 Å². The van der Waals surface area contributed by atoms with Gasteiger partial charge in [-0.2, -0.15) is 5.10 Å². The molecule has 1 aromatic carbocycles. The van der Waals surface area contributed by atoms with E-state index in [9.17, 15) is 0 Å². The lowest BCUT2D eigenvalue weighted by atomic mass is 10.1. The number of para-hydroxylation sites is 1.